The predicted molar refractivity (Wildman–Crippen MR) is 81.5 cm³/mol. The maximum atomic E-state index is 5.72. The lowest BCUT2D eigenvalue weighted by Crippen LogP contribution is -2.22. The highest BCUT2D eigenvalue weighted by atomic mass is 32.1. The number of likely N-dealkylation sites (tertiary alicyclic amines) is 1. The van der Waals surface area contributed by atoms with Crippen LogP contribution < -0.4 is 15.2 Å². The lowest BCUT2D eigenvalue weighted by molar-refractivity contribution is 0.174. The Morgan fingerprint density at radius 3 is 3.10 bits per heavy atom. The molecule has 2 aliphatic rings. The molecule has 0 saturated carbocycles. The van der Waals surface area contributed by atoms with Crippen LogP contribution in [0.1, 0.15) is 29.3 Å². The summed E-state index contributed by atoms with van der Waals surface area (Å²) in [4.78, 5) is 7.85. The number of aromatic nitrogens is 1. The van der Waals surface area contributed by atoms with Gasteiger partial charge in [-0.2, -0.15) is 0 Å². The van der Waals surface area contributed by atoms with E-state index in [1.807, 2.05) is 12.3 Å². The maximum absolute atomic E-state index is 5.72. The molecule has 2 N–H and O–H groups in total. The Kier molecular flexibility index (Phi) is 3.20. The van der Waals surface area contributed by atoms with Crippen LogP contribution in [0.15, 0.2) is 24.4 Å². The van der Waals surface area contributed by atoms with E-state index in [0.717, 1.165) is 24.6 Å². The lowest BCUT2D eigenvalue weighted by atomic mass is 10.0. The highest BCUT2D eigenvalue weighted by molar-refractivity contribution is 7.15. The van der Waals surface area contributed by atoms with Crippen molar-refractivity contribution in [3.63, 3.8) is 0 Å². The van der Waals surface area contributed by atoms with Crippen molar-refractivity contribution >= 4 is 16.5 Å². The van der Waals surface area contributed by atoms with Crippen molar-refractivity contribution in [2.45, 2.75) is 25.4 Å². The highest BCUT2D eigenvalue weighted by Gasteiger charge is 2.28. The number of nitrogens with two attached hydrogens (primary N) is 1. The number of nitrogens with zero attached hydrogens (tertiary/aromatic N) is 2. The Hall–Kier alpha value is -1.79. The Morgan fingerprint density at radius 2 is 2.24 bits per heavy atom. The van der Waals surface area contributed by atoms with E-state index in [4.69, 9.17) is 15.2 Å². The fourth-order valence-electron chi connectivity index (χ4n) is 3.11. The predicted octanol–water partition coefficient (Wildman–Crippen LogP) is 2.79. The third kappa shape index (κ3) is 2.45. The van der Waals surface area contributed by atoms with Gasteiger partial charge in [-0.05, 0) is 37.1 Å². The standard InChI is InChI=1S/C15H17N3O2S/c16-15-17-7-11(21-15)8-18-5-1-2-12(18)10-3-4-13-14(6-10)20-9-19-13/h3-4,6-7,12H,1-2,5,8-9H2,(H2,16,17). The zero-order valence-corrected chi connectivity index (χ0v) is 12.4. The first kappa shape index (κ1) is 12.9. The molecule has 2 aromatic rings. The van der Waals surface area contributed by atoms with Crippen LogP contribution in [0.25, 0.3) is 0 Å². The van der Waals surface area contributed by atoms with E-state index in [9.17, 15) is 0 Å². The number of thiazole rings is 1. The molecule has 5 nitrogen and oxygen atoms in total. The number of rotatable bonds is 3. The molecule has 2 aliphatic heterocycles. The normalized spacial score (nSPS) is 21.0. The van der Waals surface area contributed by atoms with Crippen LogP contribution in [0.5, 0.6) is 11.5 Å². The molecular formula is C15H17N3O2S. The maximum Gasteiger partial charge on any atom is 0.231 e. The van der Waals surface area contributed by atoms with Crippen LogP contribution in [-0.2, 0) is 6.54 Å². The van der Waals surface area contributed by atoms with Gasteiger partial charge in [-0.3, -0.25) is 4.90 Å². The molecule has 0 aliphatic carbocycles. The smallest absolute Gasteiger partial charge is 0.231 e. The van der Waals surface area contributed by atoms with Crippen molar-refractivity contribution in [2.24, 2.45) is 0 Å². The Bertz CT molecular complexity index is 658. The minimum Gasteiger partial charge on any atom is -0.454 e. The second-order valence-electron chi connectivity index (χ2n) is 5.41. The van der Waals surface area contributed by atoms with E-state index < -0.39 is 0 Å². The second kappa shape index (κ2) is 5.20. The number of hydrogen-bond donors (Lipinski definition) is 1. The van der Waals surface area contributed by atoms with Crippen molar-refractivity contribution < 1.29 is 9.47 Å². The van der Waals surface area contributed by atoms with Crippen LogP contribution in [0.3, 0.4) is 0 Å². The zero-order valence-electron chi connectivity index (χ0n) is 11.6. The van der Waals surface area contributed by atoms with Gasteiger partial charge >= 0.3 is 0 Å². The molecule has 1 fully saturated rings. The van der Waals surface area contributed by atoms with E-state index in [1.165, 1.54) is 23.3 Å². The molecule has 3 heterocycles. The first-order chi connectivity index (χ1) is 10.3. The van der Waals surface area contributed by atoms with Crippen molar-refractivity contribution in [1.82, 2.24) is 9.88 Å². The van der Waals surface area contributed by atoms with Crippen molar-refractivity contribution in [2.75, 3.05) is 19.1 Å². The average molecular weight is 303 g/mol. The van der Waals surface area contributed by atoms with Crippen LogP contribution in [0, 0.1) is 0 Å². The summed E-state index contributed by atoms with van der Waals surface area (Å²) in [5.41, 5.74) is 7.02. The molecule has 0 spiro atoms. The summed E-state index contributed by atoms with van der Waals surface area (Å²) >= 11 is 1.57. The third-order valence-corrected chi connectivity index (χ3v) is 4.89. The Morgan fingerprint density at radius 1 is 1.33 bits per heavy atom. The minimum atomic E-state index is 0.327. The van der Waals surface area contributed by atoms with E-state index in [0.29, 0.717) is 18.0 Å². The SMILES string of the molecule is Nc1ncc(CN2CCCC2c2ccc3c(c2)OCO3)s1. The van der Waals surface area contributed by atoms with Gasteiger partial charge in [0.05, 0.1) is 0 Å². The second-order valence-corrected chi connectivity index (χ2v) is 6.55. The van der Waals surface area contributed by atoms with E-state index in [-0.39, 0.29) is 0 Å². The van der Waals surface area contributed by atoms with Gasteiger partial charge in [-0.25, -0.2) is 4.98 Å². The molecule has 0 amide bonds. The molecule has 1 aromatic heterocycles. The zero-order chi connectivity index (χ0) is 14.2. The largest absolute Gasteiger partial charge is 0.454 e. The monoisotopic (exact) mass is 303 g/mol. The Labute approximate surface area is 127 Å². The van der Waals surface area contributed by atoms with Gasteiger partial charge in [-0.1, -0.05) is 6.07 Å². The van der Waals surface area contributed by atoms with Crippen molar-refractivity contribution in [3.05, 3.63) is 34.8 Å². The van der Waals surface area contributed by atoms with E-state index in [1.54, 1.807) is 11.3 Å². The highest BCUT2D eigenvalue weighted by Crippen LogP contribution is 2.39. The van der Waals surface area contributed by atoms with Gasteiger partial charge in [0.1, 0.15) is 0 Å². The minimum absolute atomic E-state index is 0.327. The summed E-state index contributed by atoms with van der Waals surface area (Å²) in [6.45, 7) is 2.35. The first-order valence-electron chi connectivity index (χ1n) is 7.13. The molecule has 21 heavy (non-hydrogen) atoms. The van der Waals surface area contributed by atoms with Gasteiger partial charge in [0.15, 0.2) is 16.6 Å². The number of fused-ring (bicyclic) bond motifs is 1. The molecule has 110 valence electrons. The fourth-order valence-corrected chi connectivity index (χ4v) is 3.82. The van der Waals surface area contributed by atoms with Crippen LogP contribution in [0.2, 0.25) is 0 Å². The topological polar surface area (TPSA) is 60.6 Å². The number of nitrogen functional groups attached to an aromatic ring is 1. The summed E-state index contributed by atoms with van der Waals surface area (Å²) < 4.78 is 10.9. The summed E-state index contributed by atoms with van der Waals surface area (Å²) in [6, 6.07) is 6.71. The molecule has 4 rings (SSSR count). The molecular weight excluding hydrogens is 286 g/mol. The number of benzene rings is 1. The quantitative estimate of drug-likeness (QED) is 0.944. The van der Waals surface area contributed by atoms with Crippen LogP contribution in [0.4, 0.5) is 5.13 Å². The lowest BCUT2D eigenvalue weighted by Gasteiger charge is -2.24. The molecule has 6 heteroatoms. The molecule has 1 aromatic carbocycles. The van der Waals surface area contributed by atoms with Gasteiger partial charge < -0.3 is 15.2 Å². The van der Waals surface area contributed by atoms with Crippen LogP contribution in [-0.4, -0.2) is 23.2 Å². The first-order valence-corrected chi connectivity index (χ1v) is 7.95. The van der Waals surface area contributed by atoms with E-state index >= 15 is 0 Å². The molecule has 1 saturated heterocycles. The van der Waals surface area contributed by atoms with Crippen LogP contribution >= 0.6 is 11.3 Å². The summed E-state index contributed by atoms with van der Waals surface area (Å²) in [5.74, 6) is 1.71. The fraction of sp³-hybridized carbons (Fsp3) is 0.400. The summed E-state index contributed by atoms with van der Waals surface area (Å²) in [6.07, 6.45) is 4.27. The third-order valence-electron chi connectivity index (χ3n) is 4.08. The van der Waals surface area contributed by atoms with Gasteiger partial charge in [0, 0.05) is 23.7 Å². The molecule has 1 unspecified atom stereocenters. The van der Waals surface area contributed by atoms with Gasteiger partial charge in [0.2, 0.25) is 6.79 Å². The van der Waals surface area contributed by atoms with E-state index in [2.05, 4.69) is 22.0 Å². The van der Waals surface area contributed by atoms with Gasteiger partial charge in [-0.15, -0.1) is 11.3 Å². The van der Waals surface area contributed by atoms with Crippen molar-refractivity contribution in [3.8, 4) is 11.5 Å². The molecule has 0 bridgehead atoms. The summed E-state index contributed by atoms with van der Waals surface area (Å²) in [7, 11) is 0. The number of hydrogen-bond acceptors (Lipinski definition) is 6. The number of anilines is 1. The van der Waals surface area contributed by atoms with Crippen molar-refractivity contribution in [1.29, 1.82) is 0 Å². The average Bonchev–Trinajstić information content (AvgIpc) is 3.19. The molecule has 0 radical (unpaired) electrons. The summed E-state index contributed by atoms with van der Waals surface area (Å²) in [5, 5.41) is 0.642. The van der Waals surface area contributed by atoms with Gasteiger partial charge in [0.25, 0.3) is 0 Å². The number of ether oxygens (including phenoxy) is 2. The Balaban J connectivity index is 1.55. The molecule has 1 atom stereocenters.